The van der Waals surface area contributed by atoms with Gasteiger partial charge in [-0.3, -0.25) is 4.57 Å². The molecule has 0 saturated carbocycles. The summed E-state index contributed by atoms with van der Waals surface area (Å²) < 4.78 is 7.23. The molecule has 0 atom stereocenters. The van der Waals surface area contributed by atoms with E-state index < -0.39 is 0 Å². The smallest absolute Gasteiger partial charge is 0.308 e. The molecule has 2 aromatic heterocycles. The molecule has 84 valence electrons. The largest absolute Gasteiger partial charge is 0.423 e. The number of nitrogens with zero attached hydrogens (tertiary/aromatic N) is 3. The van der Waals surface area contributed by atoms with E-state index >= 15 is 0 Å². The minimum atomic E-state index is 0.206. The minimum absolute atomic E-state index is 0.206. The van der Waals surface area contributed by atoms with Crippen molar-refractivity contribution in [2.45, 2.75) is 0 Å². The Kier molecular flexibility index (Phi) is 2.15. The molecule has 0 fully saturated rings. The Balaban J connectivity index is 2.20. The van der Waals surface area contributed by atoms with Gasteiger partial charge < -0.3 is 10.2 Å². The molecular weight excluding hydrogens is 236 g/mol. The van der Waals surface area contributed by atoms with E-state index in [1.807, 2.05) is 24.3 Å². The third-order valence-electron chi connectivity index (χ3n) is 2.35. The van der Waals surface area contributed by atoms with Gasteiger partial charge in [0.25, 0.3) is 0 Å². The first-order chi connectivity index (χ1) is 8.25. The van der Waals surface area contributed by atoms with Gasteiger partial charge in [-0.2, -0.15) is 4.98 Å². The Hall–Kier alpha value is -2.21. The Morgan fingerprint density at radius 2 is 2.18 bits per heavy atom. The first kappa shape index (κ1) is 9.98. The fraction of sp³-hybridized carbons (Fsp3) is 0. The summed E-state index contributed by atoms with van der Waals surface area (Å²) in [4.78, 5) is 8.60. The lowest BCUT2D eigenvalue weighted by Crippen LogP contribution is -2.16. The molecule has 3 aromatic rings. The summed E-state index contributed by atoms with van der Waals surface area (Å²) in [5.74, 6) is 0.464. The van der Waals surface area contributed by atoms with Crippen LogP contribution < -0.4 is 5.73 Å². The van der Waals surface area contributed by atoms with Crippen molar-refractivity contribution in [3.05, 3.63) is 42.5 Å². The number of oxazole rings is 1. The van der Waals surface area contributed by atoms with E-state index in [1.54, 1.807) is 17.0 Å². The molecule has 5 nitrogen and oxygen atoms in total. The zero-order chi connectivity index (χ0) is 11.8. The summed E-state index contributed by atoms with van der Waals surface area (Å²) >= 11 is 4.91. The van der Waals surface area contributed by atoms with Crippen LogP contribution in [0.3, 0.4) is 0 Å². The minimum Gasteiger partial charge on any atom is -0.423 e. The highest BCUT2D eigenvalue weighted by Gasteiger charge is 2.12. The second-order valence-corrected chi connectivity index (χ2v) is 3.89. The molecule has 0 aliphatic heterocycles. The van der Waals surface area contributed by atoms with E-state index in [2.05, 4.69) is 9.97 Å². The highest BCUT2D eigenvalue weighted by molar-refractivity contribution is 7.80. The Morgan fingerprint density at radius 1 is 1.35 bits per heavy atom. The van der Waals surface area contributed by atoms with Gasteiger partial charge in [0.2, 0.25) is 0 Å². The fourth-order valence-electron chi connectivity index (χ4n) is 1.60. The molecule has 0 aliphatic rings. The van der Waals surface area contributed by atoms with Crippen LogP contribution in [0.2, 0.25) is 0 Å². The highest BCUT2D eigenvalue weighted by Crippen LogP contribution is 2.18. The quantitative estimate of drug-likeness (QED) is 0.694. The van der Waals surface area contributed by atoms with Crippen molar-refractivity contribution >= 4 is 28.3 Å². The van der Waals surface area contributed by atoms with Crippen molar-refractivity contribution in [1.82, 2.24) is 14.5 Å². The topological polar surface area (TPSA) is 69.9 Å². The van der Waals surface area contributed by atoms with Gasteiger partial charge in [-0.25, -0.2) is 4.98 Å². The zero-order valence-electron chi connectivity index (χ0n) is 8.70. The monoisotopic (exact) mass is 244 g/mol. The van der Waals surface area contributed by atoms with Crippen molar-refractivity contribution < 1.29 is 4.42 Å². The third-order valence-corrected chi connectivity index (χ3v) is 2.53. The Labute approximate surface area is 102 Å². The van der Waals surface area contributed by atoms with Crippen molar-refractivity contribution in [2.24, 2.45) is 5.73 Å². The van der Waals surface area contributed by atoms with Gasteiger partial charge >= 0.3 is 6.01 Å². The summed E-state index contributed by atoms with van der Waals surface area (Å²) in [5, 5.41) is 0. The summed E-state index contributed by atoms with van der Waals surface area (Å²) in [6, 6.07) is 7.92. The lowest BCUT2D eigenvalue weighted by atomic mass is 10.3. The number of thiocarbonyl (C=S) groups is 1. The zero-order valence-corrected chi connectivity index (χ0v) is 9.52. The molecule has 2 N–H and O–H groups in total. The van der Waals surface area contributed by atoms with Gasteiger partial charge in [-0.05, 0) is 12.1 Å². The average Bonchev–Trinajstić information content (AvgIpc) is 2.95. The van der Waals surface area contributed by atoms with Crippen LogP contribution in [0.4, 0.5) is 0 Å². The Bertz CT molecular complexity index is 667. The number of fused-ring (bicyclic) bond motifs is 1. The van der Waals surface area contributed by atoms with Gasteiger partial charge in [0.05, 0.1) is 0 Å². The van der Waals surface area contributed by atoms with Gasteiger partial charge in [0.1, 0.15) is 10.5 Å². The number of benzene rings is 1. The van der Waals surface area contributed by atoms with Crippen molar-refractivity contribution in [3.8, 4) is 6.01 Å². The summed E-state index contributed by atoms with van der Waals surface area (Å²) in [7, 11) is 0. The maximum atomic E-state index is 5.60. The van der Waals surface area contributed by atoms with Crippen LogP contribution in [0.1, 0.15) is 5.82 Å². The van der Waals surface area contributed by atoms with Crippen LogP contribution in [0, 0.1) is 0 Å². The number of aromatic nitrogens is 3. The molecule has 2 heterocycles. The normalized spacial score (nSPS) is 10.8. The second kappa shape index (κ2) is 3.67. The predicted octanol–water partition coefficient (Wildman–Crippen LogP) is 1.65. The molecule has 0 aliphatic carbocycles. The maximum absolute atomic E-state index is 5.60. The molecule has 0 unspecified atom stereocenters. The molecule has 1 aromatic carbocycles. The maximum Gasteiger partial charge on any atom is 0.308 e. The lowest BCUT2D eigenvalue weighted by Gasteiger charge is -1.99. The third kappa shape index (κ3) is 1.58. The van der Waals surface area contributed by atoms with Crippen molar-refractivity contribution in [3.63, 3.8) is 0 Å². The fourth-order valence-corrected chi connectivity index (χ4v) is 1.75. The summed E-state index contributed by atoms with van der Waals surface area (Å²) in [6.07, 6.45) is 3.31. The molecule has 3 rings (SSSR count). The van der Waals surface area contributed by atoms with E-state index in [0.29, 0.717) is 17.4 Å². The first-order valence-corrected chi connectivity index (χ1v) is 5.35. The molecule has 0 radical (unpaired) electrons. The average molecular weight is 244 g/mol. The van der Waals surface area contributed by atoms with E-state index in [1.165, 1.54) is 0 Å². The molecule has 17 heavy (non-hydrogen) atoms. The number of hydrogen-bond acceptors (Lipinski definition) is 4. The van der Waals surface area contributed by atoms with Crippen LogP contribution in [0.25, 0.3) is 17.1 Å². The Morgan fingerprint density at radius 3 is 2.94 bits per heavy atom. The second-order valence-electron chi connectivity index (χ2n) is 3.45. The number of hydrogen-bond donors (Lipinski definition) is 1. The summed E-state index contributed by atoms with van der Waals surface area (Å²) in [5.41, 5.74) is 7.06. The van der Waals surface area contributed by atoms with Crippen molar-refractivity contribution in [2.75, 3.05) is 0 Å². The molecular formula is C11H8N4OS. The van der Waals surface area contributed by atoms with Crippen LogP contribution in [-0.2, 0) is 0 Å². The van der Waals surface area contributed by atoms with Crippen LogP contribution in [-0.4, -0.2) is 19.5 Å². The van der Waals surface area contributed by atoms with Crippen LogP contribution in [0.5, 0.6) is 0 Å². The number of nitrogens with two attached hydrogens (primary N) is 1. The number of imidazole rings is 1. The van der Waals surface area contributed by atoms with Gasteiger partial charge in [-0.1, -0.05) is 24.4 Å². The van der Waals surface area contributed by atoms with E-state index in [4.69, 9.17) is 22.4 Å². The lowest BCUT2D eigenvalue weighted by molar-refractivity contribution is 0.563. The van der Waals surface area contributed by atoms with Crippen molar-refractivity contribution in [1.29, 1.82) is 0 Å². The molecule has 0 spiro atoms. The van der Waals surface area contributed by atoms with Gasteiger partial charge in [-0.15, -0.1) is 0 Å². The summed E-state index contributed by atoms with van der Waals surface area (Å²) in [6.45, 7) is 0. The number of rotatable bonds is 2. The van der Waals surface area contributed by atoms with Crippen LogP contribution in [0.15, 0.2) is 41.1 Å². The highest BCUT2D eigenvalue weighted by atomic mass is 32.1. The SMILES string of the molecule is NC(=S)c1nccn1-c1nc2ccccc2o1. The first-order valence-electron chi connectivity index (χ1n) is 4.95. The van der Waals surface area contributed by atoms with Gasteiger partial charge in [0.15, 0.2) is 11.4 Å². The molecule has 0 bridgehead atoms. The van der Waals surface area contributed by atoms with E-state index in [9.17, 15) is 0 Å². The van der Waals surface area contributed by atoms with Gasteiger partial charge in [0, 0.05) is 12.4 Å². The van der Waals surface area contributed by atoms with E-state index in [0.717, 1.165) is 5.52 Å². The molecule has 6 heteroatoms. The number of para-hydroxylation sites is 2. The molecule has 0 saturated heterocycles. The molecule has 0 amide bonds. The predicted molar refractivity (Wildman–Crippen MR) is 67.0 cm³/mol. The van der Waals surface area contributed by atoms with Crippen LogP contribution >= 0.6 is 12.2 Å². The standard InChI is InChI=1S/C11H8N4OS/c12-9(17)10-13-5-6-15(10)11-14-7-3-1-2-4-8(7)16-11/h1-6H,(H2,12,17). The van der Waals surface area contributed by atoms with E-state index in [-0.39, 0.29) is 4.99 Å².